The Morgan fingerprint density at radius 3 is 2.57 bits per heavy atom. The summed E-state index contributed by atoms with van der Waals surface area (Å²) in [7, 11) is 3.34. The first-order valence-electron chi connectivity index (χ1n) is 15.2. The average molecular weight is 583 g/mol. The normalized spacial score (nSPS) is 19.0. The molecule has 0 spiro atoms. The number of piperidine rings is 1. The lowest BCUT2D eigenvalue weighted by Crippen LogP contribution is -2.42. The predicted octanol–water partition coefficient (Wildman–Crippen LogP) is 5.25. The van der Waals surface area contributed by atoms with E-state index in [0.717, 1.165) is 79.7 Å². The number of likely N-dealkylation sites (tertiary alicyclic amines) is 1. The minimum atomic E-state index is -2.69. The van der Waals surface area contributed by atoms with Crippen LogP contribution in [0.25, 0.3) is 5.57 Å². The fourth-order valence-electron chi connectivity index (χ4n) is 6.76. The highest BCUT2D eigenvalue weighted by Crippen LogP contribution is 2.42. The Morgan fingerprint density at radius 2 is 1.93 bits per heavy atom. The van der Waals surface area contributed by atoms with E-state index in [1.54, 1.807) is 31.3 Å². The molecule has 42 heavy (non-hydrogen) atoms. The number of amides is 2. The second-order valence-corrected chi connectivity index (χ2v) is 11.6. The van der Waals surface area contributed by atoms with Gasteiger partial charge in [-0.1, -0.05) is 6.92 Å². The summed E-state index contributed by atoms with van der Waals surface area (Å²) in [6.07, 6.45) is 5.47. The molecule has 9 nitrogen and oxygen atoms in total. The van der Waals surface area contributed by atoms with Gasteiger partial charge in [0.2, 0.25) is 0 Å². The number of urea groups is 1. The van der Waals surface area contributed by atoms with Gasteiger partial charge in [-0.25, -0.2) is 13.6 Å². The van der Waals surface area contributed by atoms with E-state index in [1.807, 2.05) is 6.07 Å². The zero-order valence-corrected chi connectivity index (χ0v) is 25.2. The zero-order valence-electron chi connectivity index (χ0n) is 25.2. The number of carbonyl (C=O) groups is 1. The van der Waals surface area contributed by atoms with Crippen molar-refractivity contribution < 1.29 is 13.6 Å². The maximum Gasteiger partial charge on any atom is 0.317 e. The summed E-state index contributed by atoms with van der Waals surface area (Å²) >= 11 is 0. The number of alkyl halides is 2. The van der Waals surface area contributed by atoms with Crippen molar-refractivity contribution in [3.05, 3.63) is 46.3 Å². The molecule has 228 valence electrons. The molecule has 1 aromatic carbocycles. The van der Waals surface area contributed by atoms with E-state index in [9.17, 15) is 13.6 Å². The molecule has 0 aliphatic carbocycles. The van der Waals surface area contributed by atoms with Gasteiger partial charge in [0.1, 0.15) is 0 Å². The monoisotopic (exact) mass is 582 g/mol. The van der Waals surface area contributed by atoms with Gasteiger partial charge < -0.3 is 30.7 Å². The first-order chi connectivity index (χ1) is 20.3. The Hall–Kier alpha value is -3.47. The molecule has 1 aromatic heterocycles. The number of hydrogen-bond acceptors (Lipinski definition) is 6. The van der Waals surface area contributed by atoms with E-state index >= 15 is 0 Å². The van der Waals surface area contributed by atoms with Gasteiger partial charge in [-0.15, -0.1) is 0 Å². The van der Waals surface area contributed by atoms with Crippen molar-refractivity contribution in [1.29, 1.82) is 5.41 Å². The van der Waals surface area contributed by atoms with Crippen molar-refractivity contribution in [2.75, 3.05) is 45.2 Å². The lowest BCUT2D eigenvalue weighted by atomic mass is 9.92. The van der Waals surface area contributed by atoms with E-state index in [-0.39, 0.29) is 17.6 Å². The summed E-state index contributed by atoms with van der Waals surface area (Å²) in [4.78, 5) is 19.1. The van der Waals surface area contributed by atoms with Gasteiger partial charge in [-0.3, -0.25) is 4.68 Å². The van der Waals surface area contributed by atoms with Gasteiger partial charge in [-0.05, 0) is 62.3 Å². The maximum atomic E-state index is 14.5. The third kappa shape index (κ3) is 5.63. The Labute approximate surface area is 247 Å². The number of rotatable bonds is 8. The Morgan fingerprint density at radius 1 is 1.17 bits per heavy atom. The minimum absolute atomic E-state index is 0.0941. The van der Waals surface area contributed by atoms with Crippen molar-refractivity contribution >= 4 is 29.3 Å². The summed E-state index contributed by atoms with van der Waals surface area (Å²) in [6, 6.07) is 4.12. The second kappa shape index (κ2) is 12.8. The summed E-state index contributed by atoms with van der Waals surface area (Å²) in [6.45, 7) is 8.27. The average Bonchev–Trinajstić information content (AvgIpc) is 3.40. The van der Waals surface area contributed by atoms with Crippen LogP contribution in [0, 0.1) is 5.41 Å². The van der Waals surface area contributed by atoms with Gasteiger partial charge >= 0.3 is 6.03 Å². The molecule has 1 fully saturated rings. The Balaban J connectivity index is 1.58. The molecule has 3 aliphatic rings. The molecular formula is C31H44F2N8O. The summed E-state index contributed by atoms with van der Waals surface area (Å²) < 4.78 is 31.1. The molecular weight excluding hydrogens is 538 g/mol. The molecule has 11 heteroatoms. The van der Waals surface area contributed by atoms with E-state index in [1.165, 1.54) is 0 Å². The van der Waals surface area contributed by atoms with Crippen molar-refractivity contribution in [3.8, 4) is 0 Å². The highest BCUT2D eigenvalue weighted by molar-refractivity contribution is 6.09. The van der Waals surface area contributed by atoms with Gasteiger partial charge in [0.25, 0.3) is 6.43 Å². The van der Waals surface area contributed by atoms with Crippen molar-refractivity contribution in [1.82, 2.24) is 30.2 Å². The fourth-order valence-corrected chi connectivity index (χ4v) is 6.76. The first-order valence-corrected chi connectivity index (χ1v) is 15.2. The van der Waals surface area contributed by atoms with E-state index < -0.39 is 6.43 Å². The number of halogens is 2. The zero-order chi connectivity index (χ0) is 30.0. The highest BCUT2D eigenvalue weighted by atomic mass is 19.3. The summed E-state index contributed by atoms with van der Waals surface area (Å²) in [5.41, 5.74) is 4.58. The highest BCUT2D eigenvalue weighted by Gasteiger charge is 2.35. The quantitative estimate of drug-likeness (QED) is 0.370. The number of allylic oxidation sites excluding steroid dienone is 1. The summed E-state index contributed by atoms with van der Waals surface area (Å²) in [5, 5.41) is 18.7. The molecule has 0 radical (unpaired) electrons. The number of anilines is 2. The molecule has 5 rings (SSSR count). The fraction of sp³-hybridized carbons (Fsp3) is 0.581. The number of aromatic nitrogens is 2. The molecule has 2 amide bonds. The number of carbonyl (C=O) groups excluding carboxylic acids is 1. The Kier molecular flexibility index (Phi) is 9.15. The molecule has 1 unspecified atom stereocenters. The van der Waals surface area contributed by atoms with Gasteiger partial charge in [0, 0.05) is 93.2 Å². The topological polar surface area (TPSA) is 92.5 Å². The van der Waals surface area contributed by atoms with Gasteiger partial charge in [-0.2, -0.15) is 5.10 Å². The van der Waals surface area contributed by atoms with Gasteiger partial charge in [0.15, 0.2) is 5.82 Å². The summed E-state index contributed by atoms with van der Waals surface area (Å²) in [5.74, 6) is 0.773. The molecule has 1 atom stereocenters. The van der Waals surface area contributed by atoms with Crippen molar-refractivity contribution in [3.63, 3.8) is 0 Å². The van der Waals surface area contributed by atoms with Crippen LogP contribution < -0.4 is 15.5 Å². The number of nitrogens with one attached hydrogen (secondary N) is 3. The van der Waals surface area contributed by atoms with E-state index in [2.05, 4.69) is 39.0 Å². The van der Waals surface area contributed by atoms with Crippen LogP contribution in [0.1, 0.15) is 79.9 Å². The Bertz CT molecular complexity index is 1330. The van der Waals surface area contributed by atoms with Crippen molar-refractivity contribution in [2.45, 2.75) is 77.4 Å². The van der Waals surface area contributed by atoms with Crippen LogP contribution in [0.2, 0.25) is 0 Å². The molecule has 1 saturated heterocycles. The maximum absolute atomic E-state index is 14.5. The third-order valence-corrected chi connectivity index (χ3v) is 9.25. The van der Waals surface area contributed by atoms with Crippen LogP contribution in [0.4, 0.5) is 25.1 Å². The minimum Gasteiger partial charge on any atom is -0.393 e. The lowest BCUT2D eigenvalue weighted by molar-refractivity contribution is 0.134. The van der Waals surface area contributed by atoms with E-state index in [0.29, 0.717) is 43.2 Å². The van der Waals surface area contributed by atoms with Crippen molar-refractivity contribution in [2.24, 2.45) is 0 Å². The first kappa shape index (κ1) is 30.0. The number of aryl methyl sites for hydroxylation is 1. The third-order valence-electron chi connectivity index (χ3n) is 9.25. The smallest absolute Gasteiger partial charge is 0.317 e. The molecule has 2 aromatic rings. The van der Waals surface area contributed by atoms with Crippen LogP contribution in [0.5, 0.6) is 0 Å². The van der Waals surface area contributed by atoms with E-state index in [4.69, 9.17) is 10.5 Å². The van der Waals surface area contributed by atoms with Crippen LogP contribution in [-0.2, 0) is 19.4 Å². The largest absolute Gasteiger partial charge is 0.393 e. The number of hydrogen-bond donors (Lipinski definition) is 3. The standard InChI is InChI=1S/C31H44F2N8O/c1-5-20(2)38-12-8-23(9-13-38)41-27-10-14-39(31(42)36-4)19-26(27)30(37-41)40-11-6-7-21-15-24(22(17-34)18-35-3)25(29(32)33)16-28(21)40/h15-18,20,23,29,34-35H,5-14,19H2,1-4H3,(H,36,42)/b22-18+,34-17?. The van der Waals surface area contributed by atoms with Crippen LogP contribution in [0.15, 0.2) is 18.3 Å². The second-order valence-electron chi connectivity index (χ2n) is 11.6. The van der Waals surface area contributed by atoms with Crippen LogP contribution in [0.3, 0.4) is 0 Å². The SMILES string of the molecule is CCC(C)N1CCC(n2nc(N3CCCc4cc(/C(C=N)=C/NC)c(C(F)F)cc43)c3c2CCN(C(=O)NC)C3)CC1. The van der Waals surface area contributed by atoms with Crippen LogP contribution in [-0.4, -0.2) is 78.1 Å². The molecule has 0 saturated carbocycles. The molecule has 3 aliphatic heterocycles. The number of fused-ring (bicyclic) bond motifs is 2. The predicted molar refractivity (Wildman–Crippen MR) is 163 cm³/mol. The molecule has 4 heterocycles. The molecule has 3 N–H and O–H groups in total. The lowest BCUT2D eigenvalue weighted by Gasteiger charge is -2.36. The van der Waals surface area contributed by atoms with Crippen LogP contribution >= 0.6 is 0 Å². The van der Waals surface area contributed by atoms with Gasteiger partial charge in [0.05, 0.1) is 12.6 Å². The molecule has 0 bridgehead atoms. The number of benzene rings is 1. The number of nitrogens with zero attached hydrogens (tertiary/aromatic N) is 5.